The van der Waals surface area contributed by atoms with Gasteiger partial charge >= 0.3 is 5.97 Å². The Morgan fingerprint density at radius 2 is 2.37 bits per heavy atom. The molecule has 0 aliphatic carbocycles. The fourth-order valence-corrected chi connectivity index (χ4v) is 2.39. The van der Waals surface area contributed by atoms with Gasteiger partial charge in [-0.05, 0) is 12.5 Å². The van der Waals surface area contributed by atoms with Crippen LogP contribution in [0.25, 0.3) is 0 Å². The van der Waals surface area contributed by atoms with Gasteiger partial charge in [-0.2, -0.15) is 0 Å². The molecule has 4 nitrogen and oxygen atoms in total. The third kappa shape index (κ3) is 4.33. The zero-order valence-electron chi connectivity index (χ0n) is 11.6. The summed E-state index contributed by atoms with van der Waals surface area (Å²) in [6, 6.07) is 8.52. The average Bonchev–Trinajstić information content (AvgIpc) is 2.39. The third-order valence-corrected chi connectivity index (χ3v) is 3.33. The molecule has 1 atom stereocenters. The molecule has 19 heavy (non-hydrogen) atoms. The number of benzene rings is 1. The monoisotopic (exact) mass is 263 g/mol. The SMILES string of the molecule is COC(=O)CC1CN(Cc2cccc(C)c2)CCO1. The summed E-state index contributed by atoms with van der Waals surface area (Å²) in [5.74, 6) is -0.206. The summed E-state index contributed by atoms with van der Waals surface area (Å²) in [5, 5.41) is 0. The number of aryl methyl sites for hydroxylation is 1. The molecule has 1 fully saturated rings. The van der Waals surface area contributed by atoms with Gasteiger partial charge in [0.05, 0.1) is 26.2 Å². The Kier molecular flexibility index (Phi) is 4.93. The molecule has 1 aromatic rings. The minimum atomic E-state index is -0.206. The van der Waals surface area contributed by atoms with Crippen LogP contribution in [0.15, 0.2) is 24.3 Å². The Labute approximate surface area is 114 Å². The molecule has 2 rings (SSSR count). The van der Waals surface area contributed by atoms with Crippen molar-refractivity contribution in [3.8, 4) is 0 Å². The highest BCUT2D eigenvalue weighted by Gasteiger charge is 2.23. The minimum absolute atomic E-state index is 0.0500. The second kappa shape index (κ2) is 6.68. The van der Waals surface area contributed by atoms with Crippen LogP contribution in [0.2, 0.25) is 0 Å². The summed E-state index contributed by atoms with van der Waals surface area (Å²) < 4.78 is 10.3. The fraction of sp³-hybridized carbons (Fsp3) is 0.533. The van der Waals surface area contributed by atoms with Crippen LogP contribution in [0.4, 0.5) is 0 Å². The molecule has 1 heterocycles. The van der Waals surface area contributed by atoms with Gasteiger partial charge in [0.1, 0.15) is 0 Å². The molecule has 1 aliphatic rings. The summed E-state index contributed by atoms with van der Waals surface area (Å²) >= 11 is 0. The lowest BCUT2D eigenvalue weighted by Gasteiger charge is -2.32. The van der Waals surface area contributed by atoms with Gasteiger partial charge in [0.25, 0.3) is 0 Å². The first-order chi connectivity index (χ1) is 9.17. The molecular formula is C15H21NO3. The number of rotatable bonds is 4. The standard InChI is InChI=1S/C15H21NO3/c1-12-4-3-5-13(8-12)10-16-6-7-19-14(11-16)9-15(17)18-2/h3-5,8,14H,6-7,9-11H2,1-2H3. The zero-order valence-corrected chi connectivity index (χ0v) is 11.6. The number of morpholine rings is 1. The molecule has 0 bridgehead atoms. The topological polar surface area (TPSA) is 38.8 Å². The minimum Gasteiger partial charge on any atom is -0.469 e. The predicted molar refractivity (Wildman–Crippen MR) is 72.8 cm³/mol. The molecule has 0 spiro atoms. The first-order valence-electron chi connectivity index (χ1n) is 6.63. The molecule has 1 aliphatic heterocycles. The predicted octanol–water partition coefficient (Wildman–Crippen LogP) is 1.76. The van der Waals surface area contributed by atoms with E-state index < -0.39 is 0 Å². The van der Waals surface area contributed by atoms with Crippen LogP contribution in [-0.4, -0.2) is 43.8 Å². The molecule has 0 amide bonds. The van der Waals surface area contributed by atoms with Gasteiger partial charge in [0.15, 0.2) is 0 Å². The second-order valence-electron chi connectivity index (χ2n) is 5.00. The lowest BCUT2D eigenvalue weighted by molar-refractivity contribution is -0.145. The Balaban J connectivity index is 1.89. The normalized spacial score (nSPS) is 20.2. The fourth-order valence-electron chi connectivity index (χ4n) is 2.39. The molecule has 0 saturated carbocycles. The third-order valence-electron chi connectivity index (χ3n) is 3.33. The highest BCUT2D eigenvalue weighted by atomic mass is 16.5. The largest absolute Gasteiger partial charge is 0.469 e. The lowest BCUT2D eigenvalue weighted by Crippen LogP contribution is -2.42. The Bertz CT molecular complexity index is 433. The van der Waals surface area contributed by atoms with Crippen molar-refractivity contribution >= 4 is 5.97 Å². The first kappa shape index (κ1) is 14.0. The quantitative estimate of drug-likeness (QED) is 0.776. The lowest BCUT2D eigenvalue weighted by atomic mass is 10.1. The number of hydrogen-bond donors (Lipinski definition) is 0. The van der Waals surface area contributed by atoms with Gasteiger partial charge in [-0.15, -0.1) is 0 Å². The van der Waals surface area contributed by atoms with E-state index in [2.05, 4.69) is 40.8 Å². The summed E-state index contributed by atoms with van der Waals surface area (Å²) in [4.78, 5) is 13.6. The molecule has 1 aromatic carbocycles. The van der Waals surface area contributed by atoms with Crippen molar-refractivity contribution in [2.24, 2.45) is 0 Å². The molecule has 4 heteroatoms. The molecule has 1 unspecified atom stereocenters. The molecule has 1 saturated heterocycles. The number of methoxy groups -OCH3 is 1. The van der Waals surface area contributed by atoms with E-state index >= 15 is 0 Å². The van der Waals surface area contributed by atoms with Crippen molar-refractivity contribution in [3.05, 3.63) is 35.4 Å². The van der Waals surface area contributed by atoms with Crippen LogP contribution < -0.4 is 0 Å². The number of esters is 1. The van der Waals surface area contributed by atoms with Crippen molar-refractivity contribution in [2.75, 3.05) is 26.8 Å². The van der Waals surface area contributed by atoms with Gasteiger partial charge in [-0.25, -0.2) is 0 Å². The molecular weight excluding hydrogens is 242 g/mol. The number of carbonyl (C=O) groups is 1. The average molecular weight is 263 g/mol. The van der Waals surface area contributed by atoms with Gasteiger partial charge < -0.3 is 9.47 Å². The van der Waals surface area contributed by atoms with E-state index in [9.17, 15) is 4.79 Å². The number of ether oxygens (including phenoxy) is 2. The van der Waals surface area contributed by atoms with Crippen molar-refractivity contribution in [3.63, 3.8) is 0 Å². The maximum atomic E-state index is 11.3. The second-order valence-corrected chi connectivity index (χ2v) is 5.00. The Hall–Kier alpha value is -1.39. The van der Waals surface area contributed by atoms with Crippen molar-refractivity contribution < 1.29 is 14.3 Å². The van der Waals surface area contributed by atoms with Gasteiger partial charge in [-0.3, -0.25) is 9.69 Å². The van der Waals surface area contributed by atoms with Crippen molar-refractivity contribution in [1.29, 1.82) is 0 Å². The van der Waals surface area contributed by atoms with E-state index in [1.165, 1.54) is 18.2 Å². The van der Waals surface area contributed by atoms with Gasteiger partial charge in [-0.1, -0.05) is 29.8 Å². The van der Waals surface area contributed by atoms with Crippen LogP contribution >= 0.6 is 0 Å². The van der Waals surface area contributed by atoms with E-state index in [0.717, 1.165) is 19.6 Å². The zero-order chi connectivity index (χ0) is 13.7. The summed E-state index contributed by atoms with van der Waals surface area (Å²) in [6.07, 6.45) is 0.284. The van der Waals surface area contributed by atoms with Crippen molar-refractivity contribution in [2.45, 2.75) is 26.0 Å². The number of nitrogens with zero attached hydrogens (tertiary/aromatic N) is 1. The van der Waals surface area contributed by atoms with E-state index in [1.54, 1.807) is 0 Å². The summed E-state index contributed by atoms with van der Waals surface area (Å²) in [7, 11) is 1.41. The van der Waals surface area contributed by atoms with Crippen LogP contribution in [-0.2, 0) is 20.8 Å². The highest BCUT2D eigenvalue weighted by Crippen LogP contribution is 2.13. The summed E-state index contributed by atoms with van der Waals surface area (Å²) in [6.45, 7) is 5.37. The van der Waals surface area contributed by atoms with Crippen LogP contribution in [0.3, 0.4) is 0 Å². The molecule has 0 radical (unpaired) electrons. The molecule has 0 aromatic heterocycles. The van der Waals surface area contributed by atoms with Gasteiger partial charge in [0.2, 0.25) is 0 Å². The van der Waals surface area contributed by atoms with E-state index in [1.807, 2.05) is 0 Å². The smallest absolute Gasteiger partial charge is 0.308 e. The van der Waals surface area contributed by atoms with E-state index in [0.29, 0.717) is 13.0 Å². The molecule has 0 N–H and O–H groups in total. The molecule has 104 valence electrons. The number of hydrogen-bond acceptors (Lipinski definition) is 4. The van der Waals surface area contributed by atoms with Crippen LogP contribution in [0.5, 0.6) is 0 Å². The Morgan fingerprint density at radius 1 is 1.53 bits per heavy atom. The maximum absolute atomic E-state index is 11.3. The first-order valence-corrected chi connectivity index (χ1v) is 6.63. The van der Waals surface area contributed by atoms with Crippen molar-refractivity contribution in [1.82, 2.24) is 4.90 Å². The maximum Gasteiger partial charge on any atom is 0.308 e. The van der Waals surface area contributed by atoms with Crippen LogP contribution in [0, 0.1) is 6.92 Å². The Morgan fingerprint density at radius 3 is 3.11 bits per heavy atom. The van der Waals surface area contributed by atoms with Gasteiger partial charge in [0, 0.05) is 19.6 Å². The highest BCUT2D eigenvalue weighted by molar-refractivity contribution is 5.69. The van der Waals surface area contributed by atoms with E-state index in [4.69, 9.17) is 4.74 Å². The summed E-state index contributed by atoms with van der Waals surface area (Å²) in [5.41, 5.74) is 2.58. The number of carbonyl (C=O) groups excluding carboxylic acids is 1. The van der Waals surface area contributed by atoms with E-state index in [-0.39, 0.29) is 12.1 Å². The van der Waals surface area contributed by atoms with Crippen LogP contribution in [0.1, 0.15) is 17.5 Å².